The molecule has 8 nitrogen and oxygen atoms in total. The molecule has 0 aromatic carbocycles. The van der Waals surface area contributed by atoms with Gasteiger partial charge in [-0.3, -0.25) is 19.3 Å². The smallest absolute Gasteiger partial charge is 0.208 e. The number of halogens is 2. The van der Waals surface area contributed by atoms with E-state index in [0.29, 0.717) is 45.6 Å². The summed E-state index contributed by atoms with van der Waals surface area (Å²) in [5.74, 6) is -2.73. The molecule has 2 aromatic heterocycles. The lowest BCUT2D eigenvalue weighted by Gasteiger charge is -2.52. The van der Waals surface area contributed by atoms with Crippen LogP contribution in [0.15, 0.2) is 9.13 Å². The Morgan fingerprint density at radius 2 is 1.91 bits per heavy atom. The van der Waals surface area contributed by atoms with E-state index in [1.165, 1.54) is 7.11 Å². The van der Waals surface area contributed by atoms with Crippen molar-refractivity contribution in [3.8, 4) is 0 Å². The molecule has 5 unspecified atom stereocenters. The van der Waals surface area contributed by atoms with Crippen LogP contribution in [0.2, 0.25) is 5.15 Å². The molecule has 0 N–H and O–H groups in total. The monoisotopic (exact) mass is 535 g/mol. The van der Waals surface area contributed by atoms with Crippen LogP contribution in [0.1, 0.15) is 55.8 Å². The van der Waals surface area contributed by atoms with Crippen LogP contribution >= 0.6 is 27.5 Å². The Morgan fingerprint density at radius 1 is 1.21 bits per heavy atom. The lowest BCUT2D eigenvalue weighted by molar-refractivity contribution is -0.159. The van der Waals surface area contributed by atoms with Crippen molar-refractivity contribution >= 4 is 44.9 Å². The lowest BCUT2D eigenvalue weighted by Crippen LogP contribution is -2.67. The first kappa shape index (κ1) is 22.8. The molecule has 1 fully saturated rings. The summed E-state index contributed by atoms with van der Waals surface area (Å²) in [4.78, 5) is 48.0. The molecule has 0 spiro atoms. The number of nitrogens with zero attached hydrogens (tertiary/aromatic N) is 3. The summed E-state index contributed by atoms with van der Waals surface area (Å²) in [7, 11) is 5.09. The first-order valence-electron chi connectivity index (χ1n) is 10.7. The molecule has 5 rings (SSSR count). The number of aryl methyl sites for hydroxylation is 1. The standard InChI is InChI=1S/C23H23BrClN3O5/c1-8-13-11(22(25)26-21(8)24)6-10-7-12-16(28(3)4)18-14(9(2)27-33-18)19(30)23(12,32-5)20(31)15(10)17(13)29/h10,12,15-16H,6-7H2,1-5H3. The molecule has 0 aliphatic heterocycles. The quantitative estimate of drug-likeness (QED) is 0.424. The van der Waals surface area contributed by atoms with Gasteiger partial charge in [-0.05, 0) is 68.2 Å². The number of pyridine rings is 1. The van der Waals surface area contributed by atoms with Gasteiger partial charge in [0.15, 0.2) is 22.9 Å². The second-order valence-electron chi connectivity index (χ2n) is 9.37. The number of fused-ring (bicyclic) bond motifs is 4. The molecule has 3 aliphatic carbocycles. The minimum absolute atomic E-state index is 0.252. The van der Waals surface area contributed by atoms with Gasteiger partial charge in [0, 0.05) is 24.2 Å². The van der Waals surface area contributed by atoms with E-state index in [0.717, 1.165) is 0 Å². The maximum atomic E-state index is 14.2. The fraction of sp³-hybridized carbons (Fsp3) is 0.522. The zero-order valence-electron chi connectivity index (χ0n) is 18.9. The van der Waals surface area contributed by atoms with Gasteiger partial charge < -0.3 is 9.26 Å². The predicted molar refractivity (Wildman–Crippen MR) is 122 cm³/mol. The van der Waals surface area contributed by atoms with Crippen LogP contribution in [0.4, 0.5) is 0 Å². The van der Waals surface area contributed by atoms with Crippen molar-refractivity contribution in [2.75, 3.05) is 21.2 Å². The third kappa shape index (κ3) is 2.79. The van der Waals surface area contributed by atoms with Gasteiger partial charge in [0.05, 0.1) is 23.2 Å². The van der Waals surface area contributed by atoms with Crippen molar-refractivity contribution in [1.29, 1.82) is 0 Å². The van der Waals surface area contributed by atoms with Crippen molar-refractivity contribution in [2.24, 2.45) is 17.8 Å². The van der Waals surface area contributed by atoms with Crippen molar-refractivity contribution < 1.29 is 23.6 Å². The van der Waals surface area contributed by atoms with Crippen molar-refractivity contribution in [3.63, 3.8) is 0 Å². The minimum atomic E-state index is -1.78. The van der Waals surface area contributed by atoms with Crippen molar-refractivity contribution in [3.05, 3.63) is 43.5 Å². The fourth-order valence-electron chi connectivity index (χ4n) is 6.20. The molecule has 5 atom stereocenters. The highest BCUT2D eigenvalue weighted by Crippen LogP contribution is 2.55. The second kappa shape index (κ2) is 7.53. The fourth-order valence-corrected chi connectivity index (χ4v) is 6.94. The maximum Gasteiger partial charge on any atom is 0.208 e. The normalized spacial score (nSPS) is 30.7. The highest BCUT2D eigenvalue weighted by molar-refractivity contribution is 9.10. The number of ketones is 3. The topological polar surface area (TPSA) is 103 Å². The molecule has 174 valence electrons. The van der Waals surface area contributed by atoms with Crippen LogP contribution in [0.5, 0.6) is 0 Å². The van der Waals surface area contributed by atoms with Crippen LogP contribution in [0, 0.1) is 31.6 Å². The summed E-state index contributed by atoms with van der Waals surface area (Å²) in [5.41, 5.74) is 0.598. The lowest BCUT2D eigenvalue weighted by atomic mass is 9.54. The van der Waals surface area contributed by atoms with Crippen LogP contribution in [0.3, 0.4) is 0 Å². The molecule has 0 bridgehead atoms. The average molecular weight is 537 g/mol. The number of rotatable bonds is 2. The first-order chi connectivity index (χ1) is 15.6. The number of Topliss-reactive ketones (excluding diaryl/α,β-unsaturated/α-hetero) is 3. The van der Waals surface area contributed by atoms with Gasteiger partial charge in [-0.2, -0.15) is 0 Å². The molecule has 3 aliphatic rings. The first-order valence-corrected chi connectivity index (χ1v) is 11.9. The van der Waals surface area contributed by atoms with E-state index in [9.17, 15) is 14.4 Å². The predicted octanol–water partition coefficient (Wildman–Crippen LogP) is 3.55. The van der Waals surface area contributed by atoms with Crippen molar-refractivity contribution in [2.45, 2.75) is 38.3 Å². The summed E-state index contributed by atoms with van der Waals surface area (Å²) < 4.78 is 11.9. The van der Waals surface area contributed by atoms with E-state index < -0.39 is 35.0 Å². The zero-order valence-corrected chi connectivity index (χ0v) is 21.2. The Balaban J connectivity index is 1.72. The summed E-state index contributed by atoms with van der Waals surface area (Å²) in [6.45, 7) is 3.44. The molecule has 2 aromatic rings. The SMILES string of the molecule is COC12C(=O)c3c(C)noc3C(N(C)C)C1CC1Cc3c(Cl)nc(Br)c(C)c3C(=O)C1C2=O. The van der Waals surface area contributed by atoms with Gasteiger partial charge in [0.1, 0.15) is 9.76 Å². The maximum absolute atomic E-state index is 14.2. The second-order valence-corrected chi connectivity index (χ2v) is 10.5. The molecule has 33 heavy (non-hydrogen) atoms. The highest BCUT2D eigenvalue weighted by Gasteiger charge is 2.68. The van der Waals surface area contributed by atoms with Gasteiger partial charge in [0.2, 0.25) is 5.78 Å². The molecule has 10 heteroatoms. The zero-order chi connectivity index (χ0) is 24.0. The van der Waals surface area contributed by atoms with Crippen LogP contribution in [-0.4, -0.2) is 59.2 Å². The Bertz CT molecular complexity index is 1240. The number of hydrogen-bond acceptors (Lipinski definition) is 8. The molecule has 1 saturated carbocycles. The van der Waals surface area contributed by atoms with E-state index in [4.69, 9.17) is 20.9 Å². The van der Waals surface area contributed by atoms with E-state index in [2.05, 4.69) is 26.1 Å². The van der Waals surface area contributed by atoms with E-state index >= 15 is 0 Å². The number of carbonyl (C=O) groups excluding carboxylic acids is 3. The van der Waals surface area contributed by atoms with E-state index in [1.54, 1.807) is 13.8 Å². The summed E-state index contributed by atoms with van der Waals surface area (Å²) in [6.07, 6.45) is 0.832. The summed E-state index contributed by atoms with van der Waals surface area (Å²) in [6, 6.07) is -0.416. The largest absolute Gasteiger partial charge is 0.362 e. The Labute approximate surface area is 204 Å². The highest BCUT2D eigenvalue weighted by atomic mass is 79.9. The number of carbonyl (C=O) groups is 3. The van der Waals surface area contributed by atoms with Crippen molar-refractivity contribution in [1.82, 2.24) is 15.0 Å². The third-order valence-electron chi connectivity index (χ3n) is 7.61. The van der Waals surface area contributed by atoms with Gasteiger partial charge in [-0.1, -0.05) is 16.8 Å². The summed E-state index contributed by atoms with van der Waals surface area (Å²) in [5, 5.41) is 4.27. The van der Waals surface area contributed by atoms with E-state index in [-0.39, 0.29) is 22.4 Å². The Hall–Kier alpha value is -1.94. The summed E-state index contributed by atoms with van der Waals surface area (Å²) >= 11 is 9.78. The number of ether oxygens (including phenoxy) is 1. The number of hydrogen-bond donors (Lipinski definition) is 0. The molecular weight excluding hydrogens is 514 g/mol. The molecule has 0 radical (unpaired) electrons. The van der Waals surface area contributed by atoms with Crippen LogP contribution in [0.25, 0.3) is 0 Å². The van der Waals surface area contributed by atoms with Crippen LogP contribution < -0.4 is 0 Å². The minimum Gasteiger partial charge on any atom is -0.362 e. The third-order valence-corrected chi connectivity index (χ3v) is 8.69. The molecule has 2 heterocycles. The van der Waals surface area contributed by atoms with Crippen LogP contribution in [-0.2, 0) is 16.0 Å². The number of methoxy groups -OCH3 is 1. The Morgan fingerprint density at radius 3 is 2.55 bits per heavy atom. The molecular formula is C23H23BrClN3O5. The Kier molecular flexibility index (Phi) is 5.21. The van der Waals surface area contributed by atoms with Gasteiger partial charge in [0.25, 0.3) is 0 Å². The molecule has 0 saturated heterocycles. The van der Waals surface area contributed by atoms with E-state index in [1.807, 2.05) is 19.0 Å². The molecule has 0 amide bonds. The van der Waals surface area contributed by atoms with Gasteiger partial charge in [-0.15, -0.1) is 0 Å². The van der Waals surface area contributed by atoms with Gasteiger partial charge in [-0.25, -0.2) is 4.98 Å². The number of aromatic nitrogens is 2. The average Bonchev–Trinajstić information content (AvgIpc) is 3.13. The van der Waals surface area contributed by atoms with Gasteiger partial charge >= 0.3 is 0 Å².